The number of hydrogen-bond acceptors (Lipinski definition) is 5. The van der Waals surface area contributed by atoms with Gasteiger partial charge in [-0.15, -0.1) is 0 Å². The molecule has 1 unspecified atom stereocenters. The van der Waals surface area contributed by atoms with E-state index in [-0.39, 0.29) is 4.90 Å². The number of nitrogens with zero attached hydrogens (tertiary/aromatic N) is 1. The molecule has 5 nitrogen and oxygen atoms in total. The highest BCUT2D eigenvalue weighted by molar-refractivity contribution is 7.90. The third kappa shape index (κ3) is 6.81. The van der Waals surface area contributed by atoms with E-state index in [1.54, 1.807) is 12.1 Å². The zero-order chi connectivity index (χ0) is 24.0. The largest absolute Gasteiger partial charge is 0.340 e. The van der Waals surface area contributed by atoms with E-state index in [1.807, 2.05) is 30.3 Å². The Morgan fingerprint density at radius 1 is 1.15 bits per heavy atom. The maximum Gasteiger partial charge on any atom is 0.177 e. The van der Waals surface area contributed by atoms with Gasteiger partial charge in [0.05, 0.1) is 16.6 Å². The van der Waals surface area contributed by atoms with Gasteiger partial charge in [0.2, 0.25) is 0 Å². The molecule has 7 heteroatoms. The third-order valence-corrected chi connectivity index (χ3v) is 8.21. The van der Waals surface area contributed by atoms with E-state index in [4.69, 9.17) is 17.3 Å². The Balaban J connectivity index is 2.04. The minimum absolute atomic E-state index is 0.251. The summed E-state index contributed by atoms with van der Waals surface area (Å²) in [5, 5.41) is 0.488. The van der Waals surface area contributed by atoms with E-state index in [9.17, 15) is 13.2 Å². The zero-order valence-electron chi connectivity index (χ0n) is 19.5. The van der Waals surface area contributed by atoms with Gasteiger partial charge in [0.15, 0.2) is 9.84 Å². The number of carbonyl (C=O) groups is 1. The van der Waals surface area contributed by atoms with E-state index in [2.05, 4.69) is 11.8 Å². The van der Waals surface area contributed by atoms with Crippen molar-refractivity contribution in [2.45, 2.75) is 62.8 Å². The van der Waals surface area contributed by atoms with Crippen LogP contribution >= 0.6 is 11.6 Å². The lowest BCUT2D eigenvalue weighted by molar-refractivity contribution is -0.109. The highest BCUT2D eigenvalue weighted by Crippen LogP contribution is 2.39. The van der Waals surface area contributed by atoms with Gasteiger partial charge in [0.1, 0.15) is 6.29 Å². The number of nitrogens with two attached hydrogens (primary N) is 1. The van der Waals surface area contributed by atoms with Crippen molar-refractivity contribution in [3.05, 3.63) is 53.1 Å². The molecule has 33 heavy (non-hydrogen) atoms. The van der Waals surface area contributed by atoms with E-state index < -0.39 is 15.9 Å². The fraction of sp³-hybridized carbons (Fsp3) is 0.500. The molecule has 2 aromatic rings. The number of aldehydes is 1. The van der Waals surface area contributed by atoms with Crippen LogP contribution in [0.2, 0.25) is 5.02 Å². The average Bonchev–Trinajstić information content (AvgIpc) is 2.81. The predicted molar refractivity (Wildman–Crippen MR) is 136 cm³/mol. The van der Waals surface area contributed by atoms with Crippen LogP contribution in [0.3, 0.4) is 0 Å². The number of rotatable bonds is 10. The molecule has 0 saturated heterocycles. The summed E-state index contributed by atoms with van der Waals surface area (Å²) >= 11 is 6.64. The molecule has 1 aliphatic rings. The van der Waals surface area contributed by atoms with Crippen molar-refractivity contribution in [3.63, 3.8) is 0 Å². The van der Waals surface area contributed by atoms with Gasteiger partial charge in [-0.05, 0) is 54.5 Å². The molecule has 2 atom stereocenters. The van der Waals surface area contributed by atoms with Gasteiger partial charge in [0, 0.05) is 23.5 Å². The van der Waals surface area contributed by atoms with Crippen LogP contribution in [0.15, 0.2) is 47.4 Å². The maximum absolute atomic E-state index is 12.9. The maximum atomic E-state index is 12.9. The fourth-order valence-corrected chi connectivity index (χ4v) is 5.92. The highest BCUT2D eigenvalue weighted by Gasteiger charge is 2.27. The van der Waals surface area contributed by atoms with Gasteiger partial charge in [-0.25, -0.2) is 8.42 Å². The van der Waals surface area contributed by atoms with Crippen LogP contribution in [0.25, 0.3) is 0 Å². The summed E-state index contributed by atoms with van der Waals surface area (Å²) in [7, 11) is -3.53. The SMILES string of the molecule is C[C@@H](CN(c1ccccc1)c1cc(Cl)c(CCC(N)C=O)cc1S(C)(=O)=O)C1CCCCC1. The van der Waals surface area contributed by atoms with Crippen molar-refractivity contribution in [2.75, 3.05) is 17.7 Å². The van der Waals surface area contributed by atoms with Crippen LogP contribution in [0.1, 0.15) is 51.0 Å². The van der Waals surface area contributed by atoms with Crippen molar-refractivity contribution in [2.24, 2.45) is 17.6 Å². The summed E-state index contributed by atoms with van der Waals surface area (Å²) in [6.07, 6.45) is 9.04. The lowest BCUT2D eigenvalue weighted by Gasteiger charge is -2.34. The number of halogens is 1. The Morgan fingerprint density at radius 2 is 1.82 bits per heavy atom. The second-order valence-electron chi connectivity index (χ2n) is 9.34. The predicted octanol–water partition coefficient (Wildman–Crippen LogP) is 5.56. The number of hydrogen-bond donors (Lipinski definition) is 1. The number of carbonyl (C=O) groups excluding carboxylic acids is 1. The smallest absolute Gasteiger partial charge is 0.177 e. The summed E-state index contributed by atoms with van der Waals surface area (Å²) < 4.78 is 25.8. The van der Waals surface area contributed by atoms with Gasteiger partial charge in [-0.3, -0.25) is 0 Å². The van der Waals surface area contributed by atoms with E-state index in [1.165, 1.54) is 38.4 Å². The molecular formula is C26H35ClN2O3S. The molecule has 0 amide bonds. The van der Waals surface area contributed by atoms with Crippen molar-refractivity contribution in [3.8, 4) is 0 Å². The first kappa shape index (κ1) is 25.7. The summed E-state index contributed by atoms with van der Waals surface area (Å²) in [4.78, 5) is 13.3. The van der Waals surface area contributed by atoms with Crippen LogP contribution in [0.4, 0.5) is 11.4 Å². The molecule has 180 valence electrons. The number of benzene rings is 2. The zero-order valence-corrected chi connectivity index (χ0v) is 21.1. The molecular weight excluding hydrogens is 456 g/mol. The molecule has 3 rings (SSSR count). The summed E-state index contributed by atoms with van der Waals surface area (Å²) in [5.41, 5.74) is 7.96. The molecule has 1 saturated carbocycles. The number of sulfone groups is 1. The summed E-state index contributed by atoms with van der Waals surface area (Å²) in [5.74, 6) is 1.04. The highest BCUT2D eigenvalue weighted by atomic mass is 35.5. The molecule has 2 aromatic carbocycles. The molecule has 0 bridgehead atoms. The van der Waals surface area contributed by atoms with Gasteiger partial charge >= 0.3 is 0 Å². The van der Waals surface area contributed by atoms with Gasteiger partial charge in [0.25, 0.3) is 0 Å². The Labute approximate surface area is 203 Å². The van der Waals surface area contributed by atoms with Crippen LogP contribution in [0, 0.1) is 11.8 Å². The van der Waals surface area contributed by atoms with E-state index in [0.29, 0.717) is 53.8 Å². The summed E-state index contributed by atoms with van der Waals surface area (Å²) in [6.45, 7) is 2.98. The minimum Gasteiger partial charge on any atom is -0.340 e. The van der Waals surface area contributed by atoms with E-state index >= 15 is 0 Å². The van der Waals surface area contributed by atoms with Crippen LogP contribution in [-0.2, 0) is 21.1 Å². The quantitative estimate of drug-likeness (QED) is 0.441. The first-order valence-electron chi connectivity index (χ1n) is 11.8. The molecule has 1 fully saturated rings. The number of para-hydroxylation sites is 1. The topological polar surface area (TPSA) is 80.5 Å². The number of anilines is 2. The number of aryl methyl sites for hydroxylation is 1. The average molecular weight is 491 g/mol. The first-order chi connectivity index (χ1) is 15.7. The molecule has 0 aliphatic heterocycles. The molecule has 2 N–H and O–H groups in total. The van der Waals surface area contributed by atoms with Crippen molar-refractivity contribution in [1.29, 1.82) is 0 Å². The van der Waals surface area contributed by atoms with Crippen LogP contribution in [-0.4, -0.2) is 33.5 Å². The van der Waals surface area contributed by atoms with Crippen molar-refractivity contribution < 1.29 is 13.2 Å². The lowest BCUT2D eigenvalue weighted by Crippen LogP contribution is -2.30. The Kier molecular flexibility index (Phi) is 8.96. The van der Waals surface area contributed by atoms with Crippen molar-refractivity contribution in [1.82, 2.24) is 0 Å². The second-order valence-corrected chi connectivity index (χ2v) is 11.7. The Morgan fingerprint density at radius 3 is 2.42 bits per heavy atom. The minimum atomic E-state index is -3.53. The third-order valence-electron chi connectivity index (χ3n) is 6.73. The Hall–Kier alpha value is -1.89. The second kappa shape index (κ2) is 11.5. The summed E-state index contributed by atoms with van der Waals surface area (Å²) in [6, 6.07) is 12.7. The van der Waals surface area contributed by atoms with E-state index in [0.717, 1.165) is 5.69 Å². The molecule has 0 aromatic heterocycles. The lowest BCUT2D eigenvalue weighted by atomic mass is 9.80. The van der Waals surface area contributed by atoms with Crippen LogP contribution in [0.5, 0.6) is 0 Å². The standard InChI is InChI=1S/C26H35ClN2O3S/c1-19(20-9-5-3-6-10-20)17-29(23-11-7-4-8-12-23)25-16-24(27)21(13-14-22(28)18-30)15-26(25)33(2,31)32/h4,7-8,11-12,15-16,18-20,22H,3,5-6,9-10,13-14,17,28H2,1-2H3/t19-,22?/m0/s1. The fourth-order valence-electron chi connectivity index (χ4n) is 4.77. The van der Waals surface area contributed by atoms with Gasteiger partial charge in [-0.1, -0.05) is 68.8 Å². The Bertz CT molecular complexity index is 1040. The molecule has 1 aliphatic carbocycles. The molecule has 0 radical (unpaired) electrons. The molecule has 0 heterocycles. The monoisotopic (exact) mass is 490 g/mol. The van der Waals surface area contributed by atoms with Gasteiger partial charge in [-0.2, -0.15) is 0 Å². The van der Waals surface area contributed by atoms with Crippen molar-refractivity contribution >= 4 is 39.1 Å². The molecule has 0 spiro atoms. The normalized spacial score (nSPS) is 16.8. The van der Waals surface area contributed by atoms with Gasteiger partial charge < -0.3 is 15.4 Å². The van der Waals surface area contributed by atoms with Crippen LogP contribution < -0.4 is 10.6 Å². The first-order valence-corrected chi connectivity index (χ1v) is 14.0.